The van der Waals surface area contributed by atoms with Crippen molar-refractivity contribution in [3.05, 3.63) is 54.0 Å². The van der Waals surface area contributed by atoms with Gasteiger partial charge in [-0.3, -0.25) is 4.79 Å². The summed E-state index contributed by atoms with van der Waals surface area (Å²) in [6.45, 7) is 2.47. The van der Waals surface area contributed by atoms with E-state index in [0.717, 1.165) is 37.1 Å². The lowest BCUT2D eigenvalue weighted by molar-refractivity contribution is 0.0954. The Morgan fingerprint density at radius 1 is 1.22 bits per heavy atom. The van der Waals surface area contributed by atoms with Crippen LogP contribution in [-0.4, -0.2) is 40.1 Å². The summed E-state index contributed by atoms with van der Waals surface area (Å²) in [6, 6.07) is 10.9. The van der Waals surface area contributed by atoms with Gasteiger partial charge in [0, 0.05) is 37.6 Å². The van der Waals surface area contributed by atoms with E-state index in [-0.39, 0.29) is 5.91 Å². The molecular weight excluding hydrogens is 338 g/mol. The lowest BCUT2D eigenvalue weighted by Crippen LogP contribution is -2.37. The van der Waals surface area contributed by atoms with E-state index in [9.17, 15) is 4.79 Å². The maximum atomic E-state index is 12.5. The number of aryl methyl sites for hydroxylation is 1. The normalized spacial score (nSPS) is 16.4. The van der Waals surface area contributed by atoms with Gasteiger partial charge in [0.15, 0.2) is 5.65 Å². The zero-order chi connectivity index (χ0) is 18.2. The van der Waals surface area contributed by atoms with Crippen molar-refractivity contribution in [2.45, 2.75) is 31.7 Å². The molecule has 1 saturated carbocycles. The third kappa shape index (κ3) is 3.16. The number of imidazole rings is 1. The molecule has 6 nitrogen and oxygen atoms in total. The first-order valence-corrected chi connectivity index (χ1v) is 9.73. The summed E-state index contributed by atoms with van der Waals surface area (Å²) in [5.41, 5.74) is 4.93. The molecule has 0 bridgehead atoms. The zero-order valence-electron chi connectivity index (χ0n) is 15.3. The lowest BCUT2D eigenvalue weighted by Gasteiger charge is -2.31. The van der Waals surface area contributed by atoms with Crippen LogP contribution in [0.2, 0.25) is 0 Å². The van der Waals surface area contributed by atoms with Crippen LogP contribution in [0.25, 0.3) is 11.2 Å². The highest BCUT2D eigenvalue weighted by atomic mass is 16.1. The van der Waals surface area contributed by atoms with Gasteiger partial charge in [0.1, 0.15) is 5.52 Å². The van der Waals surface area contributed by atoms with Crippen LogP contribution in [0.3, 0.4) is 0 Å². The second-order valence-corrected chi connectivity index (χ2v) is 7.42. The molecule has 27 heavy (non-hydrogen) atoms. The van der Waals surface area contributed by atoms with Crippen molar-refractivity contribution in [3.8, 4) is 0 Å². The number of aromatic nitrogens is 3. The fourth-order valence-electron chi connectivity index (χ4n) is 3.91. The van der Waals surface area contributed by atoms with Crippen LogP contribution in [0.1, 0.15) is 41.2 Å². The summed E-state index contributed by atoms with van der Waals surface area (Å²) >= 11 is 0. The number of hydrogen-bond acceptors (Lipinski definition) is 4. The van der Waals surface area contributed by atoms with Crippen molar-refractivity contribution in [1.29, 1.82) is 0 Å². The van der Waals surface area contributed by atoms with Crippen LogP contribution in [-0.2, 0) is 6.42 Å². The number of fused-ring (bicyclic) bond motifs is 2. The minimum absolute atomic E-state index is 0.0873. The molecule has 1 aromatic carbocycles. The fraction of sp³-hybridized carbons (Fsp3) is 0.381. The Bertz CT molecular complexity index is 991. The molecule has 138 valence electrons. The van der Waals surface area contributed by atoms with Crippen LogP contribution in [0.4, 0.5) is 5.69 Å². The molecule has 0 saturated heterocycles. The number of benzene rings is 1. The van der Waals surface area contributed by atoms with Gasteiger partial charge in [-0.15, -0.1) is 0 Å². The number of para-hydroxylation sites is 1. The molecule has 1 N–H and O–H groups in total. The number of nitrogens with one attached hydrogen (secondary N) is 1. The van der Waals surface area contributed by atoms with E-state index < -0.39 is 0 Å². The van der Waals surface area contributed by atoms with Crippen molar-refractivity contribution in [2.24, 2.45) is 0 Å². The molecule has 5 rings (SSSR count). The first kappa shape index (κ1) is 16.3. The van der Waals surface area contributed by atoms with Crippen molar-refractivity contribution < 1.29 is 4.79 Å². The van der Waals surface area contributed by atoms with Crippen LogP contribution < -0.4 is 10.2 Å². The summed E-state index contributed by atoms with van der Waals surface area (Å²) in [6.07, 6.45) is 8.18. The Balaban J connectivity index is 1.23. The quantitative estimate of drug-likeness (QED) is 0.759. The summed E-state index contributed by atoms with van der Waals surface area (Å²) < 4.78 is 2.12. The predicted molar refractivity (Wildman–Crippen MR) is 105 cm³/mol. The molecule has 3 heterocycles. The minimum atomic E-state index is -0.0873. The van der Waals surface area contributed by atoms with E-state index in [0.29, 0.717) is 18.2 Å². The predicted octanol–water partition coefficient (Wildman–Crippen LogP) is 2.95. The van der Waals surface area contributed by atoms with Gasteiger partial charge in [-0.2, -0.15) is 0 Å². The van der Waals surface area contributed by atoms with Crippen molar-refractivity contribution in [3.63, 3.8) is 0 Å². The van der Waals surface area contributed by atoms with Gasteiger partial charge in [0.2, 0.25) is 0 Å². The average Bonchev–Trinajstić information content (AvgIpc) is 3.46. The summed E-state index contributed by atoms with van der Waals surface area (Å²) in [7, 11) is 0. The first-order valence-electron chi connectivity index (χ1n) is 9.73. The molecule has 0 atom stereocenters. The highest BCUT2D eigenvalue weighted by Gasteiger charge is 2.25. The van der Waals surface area contributed by atoms with Gasteiger partial charge < -0.3 is 14.8 Å². The van der Waals surface area contributed by atoms with E-state index >= 15 is 0 Å². The first-order chi connectivity index (χ1) is 13.3. The van der Waals surface area contributed by atoms with E-state index in [4.69, 9.17) is 0 Å². The summed E-state index contributed by atoms with van der Waals surface area (Å²) in [4.78, 5) is 23.8. The monoisotopic (exact) mass is 361 g/mol. The maximum absolute atomic E-state index is 12.5. The largest absolute Gasteiger partial charge is 0.370 e. The number of carbonyl (C=O) groups is 1. The standard InChI is InChI=1S/C21H23N5O/c27-21(16-12-18-20(23-13-16)26(14-24-18)17-7-8-17)22-9-11-25-10-3-5-15-4-1-2-6-19(15)25/h1-2,4,6,12-14,17H,3,5,7-11H2,(H,22,27). The minimum Gasteiger partial charge on any atom is -0.370 e. The van der Waals surface area contributed by atoms with Gasteiger partial charge in [0.25, 0.3) is 5.91 Å². The Morgan fingerprint density at radius 3 is 3.00 bits per heavy atom. The van der Waals surface area contributed by atoms with E-state index in [1.54, 1.807) is 6.20 Å². The van der Waals surface area contributed by atoms with Gasteiger partial charge in [-0.05, 0) is 43.4 Å². The Labute approximate surface area is 158 Å². The van der Waals surface area contributed by atoms with Gasteiger partial charge in [-0.25, -0.2) is 9.97 Å². The maximum Gasteiger partial charge on any atom is 0.252 e. The number of amides is 1. The lowest BCUT2D eigenvalue weighted by atomic mass is 10.0. The van der Waals surface area contributed by atoms with E-state index in [1.165, 1.54) is 24.1 Å². The second-order valence-electron chi connectivity index (χ2n) is 7.42. The molecule has 0 radical (unpaired) electrons. The Morgan fingerprint density at radius 2 is 2.11 bits per heavy atom. The highest BCUT2D eigenvalue weighted by Crippen LogP contribution is 2.36. The van der Waals surface area contributed by atoms with Crippen LogP contribution in [0.15, 0.2) is 42.9 Å². The molecule has 2 aliphatic rings. The van der Waals surface area contributed by atoms with Crippen LogP contribution in [0, 0.1) is 0 Å². The molecule has 1 fully saturated rings. The topological polar surface area (TPSA) is 63.1 Å². The molecule has 2 aromatic heterocycles. The second kappa shape index (κ2) is 6.68. The SMILES string of the molecule is O=C(NCCN1CCCc2ccccc21)c1cnc2c(c1)ncn2C1CC1. The third-order valence-electron chi connectivity index (χ3n) is 5.49. The molecule has 6 heteroatoms. The fourth-order valence-corrected chi connectivity index (χ4v) is 3.91. The van der Waals surface area contributed by atoms with E-state index in [1.807, 2.05) is 12.4 Å². The molecule has 3 aromatic rings. The molecule has 1 amide bonds. The number of anilines is 1. The Hall–Kier alpha value is -2.89. The summed E-state index contributed by atoms with van der Waals surface area (Å²) in [5.74, 6) is -0.0873. The average molecular weight is 361 g/mol. The number of carbonyl (C=O) groups excluding carboxylic acids is 1. The molecule has 1 aliphatic heterocycles. The van der Waals surface area contributed by atoms with Crippen molar-refractivity contribution in [2.75, 3.05) is 24.5 Å². The summed E-state index contributed by atoms with van der Waals surface area (Å²) in [5, 5.41) is 3.03. The number of pyridine rings is 1. The molecule has 1 aliphatic carbocycles. The van der Waals surface area contributed by atoms with Crippen molar-refractivity contribution in [1.82, 2.24) is 19.9 Å². The van der Waals surface area contributed by atoms with E-state index in [2.05, 4.69) is 49.0 Å². The smallest absolute Gasteiger partial charge is 0.252 e. The Kier molecular flexibility index (Phi) is 4.03. The number of nitrogens with zero attached hydrogens (tertiary/aromatic N) is 4. The van der Waals surface area contributed by atoms with Gasteiger partial charge in [0.05, 0.1) is 11.9 Å². The number of rotatable bonds is 5. The molecule has 0 spiro atoms. The van der Waals surface area contributed by atoms with Crippen LogP contribution in [0.5, 0.6) is 0 Å². The molecular formula is C21H23N5O. The van der Waals surface area contributed by atoms with Gasteiger partial charge >= 0.3 is 0 Å². The number of hydrogen-bond donors (Lipinski definition) is 1. The zero-order valence-corrected chi connectivity index (χ0v) is 15.3. The van der Waals surface area contributed by atoms with Gasteiger partial charge in [-0.1, -0.05) is 18.2 Å². The molecule has 0 unspecified atom stereocenters. The van der Waals surface area contributed by atoms with Crippen molar-refractivity contribution >= 4 is 22.8 Å². The third-order valence-corrected chi connectivity index (χ3v) is 5.49. The highest BCUT2D eigenvalue weighted by molar-refractivity contribution is 5.96. The van der Waals surface area contributed by atoms with Crippen LogP contribution >= 0.6 is 0 Å².